The lowest BCUT2D eigenvalue weighted by molar-refractivity contribution is -0.126. The van der Waals surface area contributed by atoms with Gasteiger partial charge in [0.1, 0.15) is 11.6 Å². The Morgan fingerprint density at radius 1 is 1.00 bits per heavy atom. The Hall–Kier alpha value is -3.09. The van der Waals surface area contributed by atoms with Crippen LogP contribution in [0.5, 0.6) is 5.75 Å². The molecule has 1 atom stereocenters. The average Bonchev–Trinajstić information content (AvgIpc) is 2.83. The number of halogens is 1. The van der Waals surface area contributed by atoms with E-state index in [1.165, 1.54) is 18.6 Å². The first-order valence-electron chi connectivity index (χ1n) is 11.3. The third-order valence-electron chi connectivity index (χ3n) is 6.00. The lowest BCUT2D eigenvalue weighted by Crippen LogP contribution is -2.44. The molecule has 0 bridgehead atoms. The number of methoxy groups -OCH3 is 1. The summed E-state index contributed by atoms with van der Waals surface area (Å²) >= 11 is 0. The molecule has 1 aliphatic rings. The number of ether oxygens (including phenoxy) is 1. The van der Waals surface area contributed by atoms with Gasteiger partial charge in [-0.3, -0.25) is 9.59 Å². The van der Waals surface area contributed by atoms with E-state index >= 15 is 0 Å². The summed E-state index contributed by atoms with van der Waals surface area (Å²) in [6.07, 6.45) is 5.30. The Morgan fingerprint density at radius 2 is 1.72 bits per heavy atom. The van der Waals surface area contributed by atoms with Gasteiger partial charge in [0.25, 0.3) is 5.91 Å². The molecule has 1 aliphatic carbocycles. The summed E-state index contributed by atoms with van der Waals surface area (Å²) in [6, 6.07) is 13.5. The van der Waals surface area contributed by atoms with E-state index in [4.69, 9.17) is 4.74 Å². The topological polar surface area (TPSA) is 79.5 Å². The first-order chi connectivity index (χ1) is 15.6. The minimum absolute atomic E-state index is 0.000932. The van der Waals surface area contributed by atoms with Crippen LogP contribution in [0.3, 0.4) is 0 Å². The summed E-state index contributed by atoms with van der Waals surface area (Å²) in [4.78, 5) is 25.4. The van der Waals surface area contributed by atoms with Crippen LogP contribution in [-0.2, 0) is 4.79 Å². The van der Waals surface area contributed by atoms with Crippen molar-refractivity contribution in [1.82, 2.24) is 10.6 Å². The molecular formula is C25H32FN3O3. The molecule has 0 saturated heterocycles. The molecule has 2 aromatic carbocycles. The standard InChI is InChI=1S/C25H32FN3O3/c1-32-20-13-11-19(12-14-20)27-15-16-28-25(31)22(18-7-3-2-4-8-18)17-29-24(30)21-9-5-6-10-23(21)26/h5-6,9-14,18,22,27H,2-4,7-8,15-17H2,1H3,(H,28,31)(H,29,30). The van der Waals surface area contributed by atoms with Crippen LogP contribution in [0.4, 0.5) is 10.1 Å². The van der Waals surface area contributed by atoms with Gasteiger partial charge >= 0.3 is 0 Å². The molecule has 32 heavy (non-hydrogen) atoms. The zero-order valence-electron chi connectivity index (χ0n) is 18.5. The number of amides is 2. The Labute approximate surface area is 188 Å². The minimum atomic E-state index is -0.562. The van der Waals surface area contributed by atoms with E-state index in [0.29, 0.717) is 13.1 Å². The molecule has 0 heterocycles. The van der Waals surface area contributed by atoms with Crippen molar-refractivity contribution < 1.29 is 18.7 Å². The quantitative estimate of drug-likeness (QED) is 0.487. The van der Waals surface area contributed by atoms with Crippen molar-refractivity contribution >= 4 is 17.5 Å². The van der Waals surface area contributed by atoms with Gasteiger partial charge in [0, 0.05) is 25.3 Å². The second kappa shape index (κ2) is 12.1. The fourth-order valence-corrected chi connectivity index (χ4v) is 4.19. The normalized spacial score (nSPS) is 14.9. The van der Waals surface area contributed by atoms with E-state index in [1.54, 1.807) is 19.2 Å². The highest BCUT2D eigenvalue weighted by molar-refractivity contribution is 5.94. The molecule has 2 aromatic rings. The molecule has 6 nitrogen and oxygen atoms in total. The fraction of sp³-hybridized carbons (Fsp3) is 0.440. The van der Waals surface area contributed by atoms with E-state index in [2.05, 4.69) is 16.0 Å². The molecule has 3 rings (SSSR count). The van der Waals surface area contributed by atoms with Crippen LogP contribution in [0.15, 0.2) is 48.5 Å². The first-order valence-corrected chi connectivity index (χ1v) is 11.3. The largest absolute Gasteiger partial charge is 0.497 e. The molecule has 0 radical (unpaired) electrons. The molecule has 7 heteroatoms. The molecule has 0 aromatic heterocycles. The van der Waals surface area contributed by atoms with Crippen molar-refractivity contribution in [3.05, 3.63) is 59.9 Å². The number of rotatable bonds is 10. The highest BCUT2D eigenvalue weighted by Gasteiger charge is 2.30. The third kappa shape index (κ3) is 6.70. The summed E-state index contributed by atoms with van der Waals surface area (Å²) in [5, 5.41) is 9.04. The summed E-state index contributed by atoms with van der Waals surface area (Å²) in [6.45, 7) is 1.25. The van der Waals surface area contributed by atoms with Gasteiger partial charge in [-0.25, -0.2) is 4.39 Å². The smallest absolute Gasteiger partial charge is 0.254 e. The predicted octanol–water partition coefficient (Wildman–Crippen LogP) is 3.99. The van der Waals surface area contributed by atoms with Gasteiger partial charge in [0.2, 0.25) is 5.91 Å². The van der Waals surface area contributed by atoms with E-state index in [-0.39, 0.29) is 29.9 Å². The maximum absolute atomic E-state index is 13.9. The van der Waals surface area contributed by atoms with Crippen LogP contribution in [-0.4, -0.2) is 38.6 Å². The van der Waals surface area contributed by atoms with Gasteiger partial charge in [-0.1, -0.05) is 31.4 Å². The van der Waals surface area contributed by atoms with Crippen LogP contribution in [0, 0.1) is 17.7 Å². The summed E-state index contributed by atoms with van der Waals surface area (Å²) in [7, 11) is 1.62. The highest BCUT2D eigenvalue weighted by atomic mass is 19.1. The minimum Gasteiger partial charge on any atom is -0.497 e. The lowest BCUT2D eigenvalue weighted by atomic mass is 9.79. The molecule has 1 fully saturated rings. The van der Waals surface area contributed by atoms with Gasteiger partial charge in [-0.05, 0) is 55.2 Å². The molecule has 3 N–H and O–H groups in total. The monoisotopic (exact) mass is 441 g/mol. The van der Waals surface area contributed by atoms with E-state index < -0.39 is 11.7 Å². The maximum atomic E-state index is 13.9. The molecule has 172 valence electrons. The Kier molecular flexibility index (Phi) is 8.90. The number of benzene rings is 2. The van der Waals surface area contributed by atoms with Crippen molar-refractivity contribution in [3.8, 4) is 5.75 Å². The van der Waals surface area contributed by atoms with Crippen molar-refractivity contribution in [2.75, 3.05) is 32.1 Å². The fourth-order valence-electron chi connectivity index (χ4n) is 4.19. The average molecular weight is 442 g/mol. The molecule has 2 amide bonds. The van der Waals surface area contributed by atoms with Crippen LogP contribution >= 0.6 is 0 Å². The van der Waals surface area contributed by atoms with Crippen LogP contribution in [0.25, 0.3) is 0 Å². The van der Waals surface area contributed by atoms with Crippen LogP contribution in [0.2, 0.25) is 0 Å². The van der Waals surface area contributed by atoms with Crippen molar-refractivity contribution in [2.24, 2.45) is 11.8 Å². The van der Waals surface area contributed by atoms with Crippen molar-refractivity contribution in [1.29, 1.82) is 0 Å². The second-order valence-corrected chi connectivity index (χ2v) is 8.14. The first kappa shape index (κ1) is 23.6. The highest BCUT2D eigenvalue weighted by Crippen LogP contribution is 2.30. The summed E-state index contributed by atoms with van der Waals surface area (Å²) in [5.41, 5.74) is 0.944. The van der Waals surface area contributed by atoms with Crippen LogP contribution in [0.1, 0.15) is 42.5 Å². The van der Waals surface area contributed by atoms with Gasteiger partial charge in [0.05, 0.1) is 18.6 Å². The predicted molar refractivity (Wildman–Crippen MR) is 123 cm³/mol. The van der Waals surface area contributed by atoms with Crippen LogP contribution < -0.4 is 20.7 Å². The Morgan fingerprint density at radius 3 is 2.41 bits per heavy atom. The van der Waals surface area contributed by atoms with Gasteiger partial charge in [0.15, 0.2) is 0 Å². The zero-order valence-corrected chi connectivity index (χ0v) is 18.5. The van der Waals surface area contributed by atoms with E-state index in [0.717, 1.165) is 37.1 Å². The summed E-state index contributed by atoms with van der Waals surface area (Å²) in [5.74, 6) is -0.434. The maximum Gasteiger partial charge on any atom is 0.254 e. The van der Waals surface area contributed by atoms with Gasteiger partial charge in [-0.2, -0.15) is 0 Å². The second-order valence-electron chi connectivity index (χ2n) is 8.14. The van der Waals surface area contributed by atoms with E-state index in [1.807, 2.05) is 24.3 Å². The third-order valence-corrected chi connectivity index (χ3v) is 6.00. The number of hydrogen-bond donors (Lipinski definition) is 3. The number of hydrogen-bond acceptors (Lipinski definition) is 4. The lowest BCUT2D eigenvalue weighted by Gasteiger charge is -2.29. The number of carbonyl (C=O) groups excluding carboxylic acids is 2. The van der Waals surface area contributed by atoms with Crippen molar-refractivity contribution in [2.45, 2.75) is 32.1 Å². The van der Waals surface area contributed by atoms with Gasteiger partial charge < -0.3 is 20.7 Å². The number of carbonyl (C=O) groups is 2. The van der Waals surface area contributed by atoms with E-state index in [9.17, 15) is 14.0 Å². The molecule has 0 spiro atoms. The summed E-state index contributed by atoms with van der Waals surface area (Å²) < 4.78 is 19.1. The molecule has 1 saturated carbocycles. The van der Waals surface area contributed by atoms with Crippen molar-refractivity contribution in [3.63, 3.8) is 0 Å². The Balaban J connectivity index is 1.52. The molecule has 0 aliphatic heterocycles. The Bertz CT molecular complexity index is 882. The molecular weight excluding hydrogens is 409 g/mol. The zero-order chi connectivity index (χ0) is 22.8. The van der Waals surface area contributed by atoms with Gasteiger partial charge in [-0.15, -0.1) is 0 Å². The number of anilines is 1. The SMILES string of the molecule is COc1ccc(NCCNC(=O)C(CNC(=O)c2ccccc2F)C2CCCCC2)cc1. The number of nitrogens with one attached hydrogen (secondary N) is 3. The molecule has 1 unspecified atom stereocenters.